The number of esters is 1. The van der Waals surface area contributed by atoms with Gasteiger partial charge in [-0.05, 0) is 52.8 Å². The van der Waals surface area contributed by atoms with Gasteiger partial charge in [0, 0.05) is 5.54 Å². The molecule has 0 unspecified atom stereocenters. The highest BCUT2D eigenvalue weighted by Crippen LogP contribution is 2.28. The summed E-state index contributed by atoms with van der Waals surface area (Å²) >= 11 is 0. The van der Waals surface area contributed by atoms with Crippen molar-refractivity contribution in [2.75, 3.05) is 13.7 Å². The summed E-state index contributed by atoms with van der Waals surface area (Å²) in [6.07, 6.45) is -1.15. The molecule has 144 valence electrons. The molecule has 0 aliphatic carbocycles. The topological polar surface area (TPSA) is 103 Å². The largest absolute Gasteiger partial charge is 0.493 e. The number of rotatable bonds is 6. The number of urea groups is 1. The molecule has 0 heterocycles. The Morgan fingerprint density at radius 1 is 1.15 bits per heavy atom. The van der Waals surface area contributed by atoms with E-state index in [2.05, 4.69) is 10.6 Å². The van der Waals surface area contributed by atoms with E-state index in [1.54, 1.807) is 26.8 Å². The average Bonchev–Trinajstić information content (AvgIpc) is 2.53. The van der Waals surface area contributed by atoms with Crippen molar-refractivity contribution in [3.05, 3.63) is 23.8 Å². The molecule has 8 heteroatoms. The van der Waals surface area contributed by atoms with E-state index < -0.39 is 29.6 Å². The normalized spacial score (nSPS) is 11.9. The monoisotopic (exact) mass is 366 g/mol. The van der Waals surface area contributed by atoms with Gasteiger partial charge in [0.05, 0.1) is 19.3 Å². The first-order valence-electron chi connectivity index (χ1n) is 8.22. The standard InChI is InChI=1S/C18H26N2O6/c1-7-25-13-9-8-12(10-14(13)24-6)16(22)26-11(2)15(21)19-17(23)20-18(3,4)5/h8-11H,7H2,1-6H3,(H2,19,20,21,23)/t11-/m1/s1. The Balaban J connectivity index is 2.71. The first kappa shape index (κ1) is 21.3. The summed E-state index contributed by atoms with van der Waals surface area (Å²) in [7, 11) is 1.46. The van der Waals surface area contributed by atoms with Crippen LogP contribution in [-0.4, -0.2) is 43.3 Å². The van der Waals surface area contributed by atoms with Crippen molar-refractivity contribution in [1.29, 1.82) is 0 Å². The van der Waals surface area contributed by atoms with Crippen LogP contribution < -0.4 is 20.1 Å². The van der Waals surface area contributed by atoms with Gasteiger partial charge < -0.3 is 19.5 Å². The fourth-order valence-corrected chi connectivity index (χ4v) is 1.94. The van der Waals surface area contributed by atoms with E-state index in [4.69, 9.17) is 14.2 Å². The van der Waals surface area contributed by atoms with Gasteiger partial charge in [0.2, 0.25) is 0 Å². The second-order valence-corrected chi connectivity index (χ2v) is 6.54. The van der Waals surface area contributed by atoms with E-state index in [1.807, 2.05) is 6.92 Å². The molecule has 0 saturated heterocycles. The second kappa shape index (κ2) is 9.07. The van der Waals surface area contributed by atoms with Crippen LogP contribution in [-0.2, 0) is 9.53 Å². The summed E-state index contributed by atoms with van der Waals surface area (Å²) < 4.78 is 15.7. The molecule has 26 heavy (non-hydrogen) atoms. The predicted molar refractivity (Wildman–Crippen MR) is 95.5 cm³/mol. The second-order valence-electron chi connectivity index (χ2n) is 6.54. The molecule has 8 nitrogen and oxygen atoms in total. The molecule has 1 aromatic rings. The summed E-state index contributed by atoms with van der Waals surface area (Å²) in [6.45, 7) is 8.99. The molecule has 0 radical (unpaired) electrons. The number of benzene rings is 1. The first-order chi connectivity index (χ1) is 12.1. The number of ether oxygens (including phenoxy) is 3. The lowest BCUT2D eigenvalue weighted by molar-refractivity contribution is -0.127. The number of hydrogen-bond acceptors (Lipinski definition) is 6. The van der Waals surface area contributed by atoms with E-state index in [0.29, 0.717) is 18.1 Å². The number of methoxy groups -OCH3 is 1. The molecule has 0 aliphatic rings. The Hall–Kier alpha value is -2.77. The van der Waals surface area contributed by atoms with E-state index >= 15 is 0 Å². The van der Waals surface area contributed by atoms with E-state index in [9.17, 15) is 14.4 Å². The van der Waals surface area contributed by atoms with E-state index in [-0.39, 0.29) is 5.56 Å². The van der Waals surface area contributed by atoms with Crippen LogP contribution >= 0.6 is 0 Å². The van der Waals surface area contributed by atoms with Gasteiger partial charge >= 0.3 is 12.0 Å². The van der Waals surface area contributed by atoms with Gasteiger partial charge in [-0.25, -0.2) is 9.59 Å². The van der Waals surface area contributed by atoms with Crippen molar-refractivity contribution >= 4 is 17.9 Å². The first-order valence-corrected chi connectivity index (χ1v) is 8.22. The molecule has 1 aromatic carbocycles. The van der Waals surface area contributed by atoms with Crippen molar-refractivity contribution in [3.8, 4) is 11.5 Å². The third-order valence-electron chi connectivity index (χ3n) is 3.08. The third kappa shape index (κ3) is 6.62. The molecule has 0 fully saturated rings. The van der Waals surface area contributed by atoms with Crippen LogP contribution in [0.3, 0.4) is 0 Å². The van der Waals surface area contributed by atoms with Crippen LogP contribution in [0.2, 0.25) is 0 Å². The minimum Gasteiger partial charge on any atom is -0.493 e. The molecule has 0 saturated carbocycles. The van der Waals surface area contributed by atoms with Crippen LogP contribution in [0.5, 0.6) is 11.5 Å². The highest BCUT2D eigenvalue weighted by atomic mass is 16.5. The number of amides is 3. The van der Waals surface area contributed by atoms with E-state index in [1.165, 1.54) is 26.2 Å². The zero-order valence-corrected chi connectivity index (χ0v) is 16.0. The fraction of sp³-hybridized carbons (Fsp3) is 0.500. The van der Waals surface area contributed by atoms with Crippen molar-refractivity contribution in [3.63, 3.8) is 0 Å². The molecule has 3 amide bonds. The predicted octanol–water partition coefficient (Wildman–Crippen LogP) is 2.26. The highest BCUT2D eigenvalue weighted by Gasteiger charge is 2.23. The summed E-state index contributed by atoms with van der Waals surface area (Å²) in [4.78, 5) is 35.9. The summed E-state index contributed by atoms with van der Waals surface area (Å²) in [6, 6.07) is 3.89. The molecule has 2 N–H and O–H groups in total. The summed E-state index contributed by atoms with van der Waals surface area (Å²) in [5, 5.41) is 4.71. The molecular weight excluding hydrogens is 340 g/mol. The zero-order valence-electron chi connectivity index (χ0n) is 16.0. The molecule has 0 aliphatic heterocycles. The van der Waals surface area contributed by atoms with Crippen LogP contribution in [0.25, 0.3) is 0 Å². The quantitative estimate of drug-likeness (QED) is 0.749. The SMILES string of the molecule is CCOc1ccc(C(=O)O[C@H](C)C(=O)NC(=O)NC(C)(C)C)cc1OC. The zero-order chi connectivity index (χ0) is 19.9. The molecular formula is C18H26N2O6. The summed E-state index contributed by atoms with van der Waals surface area (Å²) in [5.41, 5.74) is -0.299. The van der Waals surface area contributed by atoms with E-state index in [0.717, 1.165) is 0 Å². The van der Waals surface area contributed by atoms with Gasteiger partial charge in [0.1, 0.15) is 0 Å². The van der Waals surface area contributed by atoms with Crippen molar-refractivity contribution in [2.24, 2.45) is 0 Å². The van der Waals surface area contributed by atoms with Gasteiger partial charge in [0.25, 0.3) is 5.91 Å². The number of carbonyl (C=O) groups is 3. The molecule has 0 bridgehead atoms. The Bertz CT molecular complexity index is 666. The lowest BCUT2D eigenvalue weighted by Crippen LogP contribution is -2.50. The number of nitrogens with one attached hydrogen (secondary N) is 2. The summed E-state index contributed by atoms with van der Waals surface area (Å²) in [5.74, 6) is -0.567. The maximum atomic E-state index is 12.2. The van der Waals surface area contributed by atoms with Crippen LogP contribution in [0.4, 0.5) is 4.79 Å². The lowest BCUT2D eigenvalue weighted by Gasteiger charge is -2.21. The van der Waals surface area contributed by atoms with Crippen molar-refractivity contribution in [2.45, 2.75) is 46.3 Å². The Morgan fingerprint density at radius 2 is 1.81 bits per heavy atom. The Labute approximate surface area is 153 Å². The maximum Gasteiger partial charge on any atom is 0.339 e. The average molecular weight is 366 g/mol. The minimum absolute atomic E-state index is 0.198. The molecule has 1 rings (SSSR count). The lowest BCUT2D eigenvalue weighted by atomic mass is 10.1. The van der Waals surface area contributed by atoms with Gasteiger partial charge in [-0.15, -0.1) is 0 Å². The van der Waals surface area contributed by atoms with Crippen molar-refractivity contribution in [1.82, 2.24) is 10.6 Å². The van der Waals surface area contributed by atoms with Gasteiger partial charge in [0.15, 0.2) is 17.6 Å². The van der Waals surface area contributed by atoms with Gasteiger partial charge in [-0.3, -0.25) is 10.1 Å². The number of hydrogen-bond donors (Lipinski definition) is 2. The smallest absolute Gasteiger partial charge is 0.339 e. The Kier molecular flexibility index (Phi) is 7.42. The van der Waals surface area contributed by atoms with Crippen LogP contribution in [0, 0.1) is 0 Å². The van der Waals surface area contributed by atoms with Crippen LogP contribution in [0.15, 0.2) is 18.2 Å². The Morgan fingerprint density at radius 3 is 2.35 bits per heavy atom. The van der Waals surface area contributed by atoms with Crippen molar-refractivity contribution < 1.29 is 28.6 Å². The highest BCUT2D eigenvalue weighted by molar-refractivity contribution is 5.98. The third-order valence-corrected chi connectivity index (χ3v) is 3.08. The number of carbonyl (C=O) groups excluding carboxylic acids is 3. The maximum absolute atomic E-state index is 12.2. The fourth-order valence-electron chi connectivity index (χ4n) is 1.94. The molecule has 1 atom stereocenters. The van der Waals surface area contributed by atoms with Crippen LogP contribution in [0.1, 0.15) is 45.0 Å². The van der Waals surface area contributed by atoms with Gasteiger partial charge in [-0.2, -0.15) is 0 Å². The molecule has 0 spiro atoms. The van der Waals surface area contributed by atoms with Gasteiger partial charge in [-0.1, -0.05) is 0 Å². The number of imide groups is 1. The minimum atomic E-state index is -1.15. The molecule has 0 aromatic heterocycles.